The van der Waals surface area contributed by atoms with Gasteiger partial charge in [0.2, 0.25) is 5.91 Å². The molecule has 0 saturated carbocycles. The predicted molar refractivity (Wildman–Crippen MR) is 88.9 cm³/mol. The standard InChI is InChI=1S/C16H21BrClNO2/c17-14(11-12-5-1-2-7-15(12)18)16(21)19-9-4-3-6-13(19)8-10-20/h1-2,5,7,13-14,20H,3-4,6,8-11H2. The van der Waals surface area contributed by atoms with E-state index in [9.17, 15) is 4.79 Å². The number of aliphatic hydroxyl groups is 1. The van der Waals surface area contributed by atoms with E-state index in [0.29, 0.717) is 17.9 Å². The van der Waals surface area contributed by atoms with Gasteiger partial charge >= 0.3 is 0 Å². The summed E-state index contributed by atoms with van der Waals surface area (Å²) < 4.78 is 0. The van der Waals surface area contributed by atoms with Crippen LogP contribution in [0.5, 0.6) is 0 Å². The number of aliphatic hydroxyl groups excluding tert-OH is 1. The second kappa shape index (κ2) is 8.16. The number of piperidine rings is 1. The highest BCUT2D eigenvalue weighted by molar-refractivity contribution is 9.10. The van der Waals surface area contributed by atoms with E-state index in [1.807, 2.05) is 29.2 Å². The summed E-state index contributed by atoms with van der Waals surface area (Å²) in [4.78, 5) is 14.3. The van der Waals surface area contributed by atoms with Gasteiger partial charge in [-0.3, -0.25) is 4.79 Å². The lowest BCUT2D eigenvalue weighted by molar-refractivity contribution is -0.134. The van der Waals surface area contributed by atoms with Crippen molar-refractivity contribution in [1.82, 2.24) is 4.90 Å². The van der Waals surface area contributed by atoms with Crippen molar-refractivity contribution < 1.29 is 9.90 Å². The molecule has 116 valence electrons. The van der Waals surface area contributed by atoms with Gasteiger partial charge in [0.1, 0.15) is 0 Å². The van der Waals surface area contributed by atoms with Crippen LogP contribution in [0.25, 0.3) is 0 Å². The van der Waals surface area contributed by atoms with Crippen molar-refractivity contribution in [1.29, 1.82) is 0 Å². The fourth-order valence-electron chi connectivity index (χ4n) is 2.86. The molecular weight excluding hydrogens is 354 g/mol. The molecule has 2 rings (SSSR count). The second-order valence-electron chi connectivity index (χ2n) is 5.46. The van der Waals surface area contributed by atoms with Crippen LogP contribution in [0.1, 0.15) is 31.2 Å². The number of carbonyl (C=O) groups is 1. The fourth-order valence-corrected chi connectivity index (χ4v) is 3.69. The number of rotatable bonds is 5. The molecule has 0 aromatic heterocycles. The third-order valence-corrected chi connectivity index (χ3v) is 5.08. The van der Waals surface area contributed by atoms with Crippen molar-refractivity contribution in [2.75, 3.05) is 13.2 Å². The molecule has 2 atom stereocenters. The van der Waals surface area contributed by atoms with Crippen molar-refractivity contribution in [3.63, 3.8) is 0 Å². The Morgan fingerprint density at radius 3 is 2.90 bits per heavy atom. The Labute approximate surface area is 139 Å². The van der Waals surface area contributed by atoms with E-state index in [0.717, 1.165) is 31.4 Å². The first-order valence-corrected chi connectivity index (χ1v) is 8.71. The molecule has 21 heavy (non-hydrogen) atoms. The van der Waals surface area contributed by atoms with E-state index < -0.39 is 0 Å². The van der Waals surface area contributed by atoms with Crippen molar-refractivity contribution >= 4 is 33.4 Å². The van der Waals surface area contributed by atoms with Gasteiger partial charge in [0, 0.05) is 24.2 Å². The van der Waals surface area contributed by atoms with E-state index in [1.54, 1.807) is 0 Å². The zero-order valence-electron chi connectivity index (χ0n) is 12.0. The summed E-state index contributed by atoms with van der Waals surface area (Å²) in [7, 11) is 0. The van der Waals surface area contributed by atoms with Gasteiger partial charge < -0.3 is 10.0 Å². The highest BCUT2D eigenvalue weighted by atomic mass is 79.9. The lowest BCUT2D eigenvalue weighted by atomic mass is 9.98. The Hall–Kier alpha value is -0.580. The van der Waals surface area contributed by atoms with Gasteiger partial charge in [-0.1, -0.05) is 45.7 Å². The van der Waals surface area contributed by atoms with E-state index in [-0.39, 0.29) is 23.4 Å². The number of amides is 1. The number of alkyl halides is 1. The normalized spacial score (nSPS) is 20.3. The van der Waals surface area contributed by atoms with Crippen LogP contribution >= 0.6 is 27.5 Å². The van der Waals surface area contributed by atoms with E-state index in [2.05, 4.69) is 15.9 Å². The number of hydrogen-bond acceptors (Lipinski definition) is 2. The molecule has 1 amide bonds. The number of hydrogen-bond donors (Lipinski definition) is 1. The molecular formula is C16H21BrClNO2. The quantitative estimate of drug-likeness (QED) is 0.802. The highest BCUT2D eigenvalue weighted by Gasteiger charge is 2.30. The smallest absolute Gasteiger partial charge is 0.236 e. The van der Waals surface area contributed by atoms with Gasteiger partial charge in [0.25, 0.3) is 0 Å². The minimum Gasteiger partial charge on any atom is -0.396 e. The predicted octanol–water partition coefficient (Wildman–Crippen LogP) is 3.41. The van der Waals surface area contributed by atoms with Crippen molar-refractivity contribution in [3.05, 3.63) is 34.9 Å². The fraction of sp³-hybridized carbons (Fsp3) is 0.562. The first-order chi connectivity index (χ1) is 10.1. The second-order valence-corrected chi connectivity index (χ2v) is 6.97. The molecule has 1 heterocycles. The molecule has 0 radical (unpaired) electrons. The molecule has 0 spiro atoms. The van der Waals surface area contributed by atoms with Crippen LogP contribution < -0.4 is 0 Å². The van der Waals surface area contributed by atoms with Crippen LogP contribution in [0.3, 0.4) is 0 Å². The summed E-state index contributed by atoms with van der Waals surface area (Å²) in [6.07, 6.45) is 4.40. The summed E-state index contributed by atoms with van der Waals surface area (Å²) in [6, 6.07) is 7.78. The van der Waals surface area contributed by atoms with Crippen LogP contribution in [0.2, 0.25) is 5.02 Å². The van der Waals surface area contributed by atoms with Gasteiger partial charge in [-0.05, 0) is 43.7 Å². The van der Waals surface area contributed by atoms with Crippen LogP contribution in [0, 0.1) is 0 Å². The van der Waals surface area contributed by atoms with Gasteiger partial charge in [-0.2, -0.15) is 0 Å². The number of nitrogens with zero attached hydrogens (tertiary/aromatic N) is 1. The zero-order chi connectivity index (χ0) is 15.2. The third kappa shape index (κ3) is 4.44. The molecule has 1 saturated heterocycles. The SMILES string of the molecule is O=C(C(Br)Cc1ccccc1Cl)N1CCCCC1CCO. The first kappa shape index (κ1) is 16.8. The molecule has 1 aromatic carbocycles. The number of likely N-dealkylation sites (tertiary alicyclic amines) is 1. The molecule has 5 heteroatoms. The molecule has 1 aliphatic heterocycles. The Morgan fingerprint density at radius 2 is 2.19 bits per heavy atom. The monoisotopic (exact) mass is 373 g/mol. The lowest BCUT2D eigenvalue weighted by Crippen LogP contribution is -2.47. The van der Waals surface area contributed by atoms with Crippen LogP contribution in [-0.4, -0.2) is 39.9 Å². The number of benzene rings is 1. The molecule has 2 unspecified atom stereocenters. The lowest BCUT2D eigenvalue weighted by Gasteiger charge is -2.37. The molecule has 1 N–H and O–H groups in total. The molecule has 0 aliphatic carbocycles. The maximum absolute atomic E-state index is 12.7. The number of halogens is 2. The Balaban J connectivity index is 2.02. The maximum Gasteiger partial charge on any atom is 0.236 e. The van der Waals surface area contributed by atoms with Crippen molar-refractivity contribution in [3.8, 4) is 0 Å². The van der Waals surface area contributed by atoms with Crippen LogP contribution in [0.15, 0.2) is 24.3 Å². The molecule has 0 bridgehead atoms. The molecule has 1 fully saturated rings. The summed E-state index contributed by atoms with van der Waals surface area (Å²) in [5.74, 6) is 0.105. The Kier molecular flexibility index (Phi) is 6.52. The van der Waals surface area contributed by atoms with Gasteiger partial charge in [-0.25, -0.2) is 0 Å². The first-order valence-electron chi connectivity index (χ1n) is 7.42. The maximum atomic E-state index is 12.7. The van der Waals surface area contributed by atoms with E-state index in [4.69, 9.17) is 16.7 Å². The summed E-state index contributed by atoms with van der Waals surface area (Å²) in [5.41, 5.74) is 0.977. The summed E-state index contributed by atoms with van der Waals surface area (Å²) >= 11 is 9.67. The van der Waals surface area contributed by atoms with Crippen molar-refractivity contribution in [2.24, 2.45) is 0 Å². The third-order valence-electron chi connectivity index (χ3n) is 4.00. The Morgan fingerprint density at radius 1 is 1.43 bits per heavy atom. The van der Waals surface area contributed by atoms with Gasteiger partial charge in [0.05, 0.1) is 4.83 Å². The summed E-state index contributed by atoms with van der Waals surface area (Å²) in [5, 5.41) is 9.86. The average Bonchev–Trinajstić information content (AvgIpc) is 2.50. The van der Waals surface area contributed by atoms with E-state index in [1.165, 1.54) is 0 Å². The van der Waals surface area contributed by atoms with Gasteiger partial charge in [0.15, 0.2) is 0 Å². The summed E-state index contributed by atoms with van der Waals surface area (Å²) in [6.45, 7) is 0.917. The molecule has 1 aliphatic rings. The van der Waals surface area contributed by atoms with Crippen LogP contribution in [-0.2, 0) is 11.2 Å². The minimum absolute atomic E-state index is 0.105. The molecule has 1 aromatic rings. The van der Waals surface area contributed by atoms with Gasteiger partial charge in [-0.15, -0.1) is 0 Å². The number of carbonyl (C=O) groups excluding carboxylic acids is 1. The zero-order valence-corrected chi connectivity index (χ0v) is 14.3. The highest BCUT2D eigenvalue weighted by Crippen LogP contribution is 2.25. The largest absolute Gasteiger partial charge is 0.396 e. The minimum atomic E-state index is -0.267. The molecule has 3 nitrogen and oxygen atoms in total. The average molecular weight is 375 g/mol. The van der Waals surface area contributed by atoms with E-state index >= 15 is 0 Å². The van der Waals surface area contributed by atoms with Crippen LogP contribution in [0.4, 0.5) is 0 Å². The van der Waals surface area contributed by atoms with Crippen molar-refractivity contribution in [2.45, 2.75) is 43.0 Å². The topological polar surface area (TPSA) is 40.5 Å². The Bertz CT molecular complexity index is 481.